The van der Waals surface area contributed by atoms with Gasteiger partial charge in [0, 0.05) is 6.08 Å². The van der Waals surface area contributed by atoms with Crippen molar-refractivity contribution in [3.05, 3.63) is 40.3 Å². The maximum absolute atomic E-state index is 13.7. The fourth-order valence-corrected chi connectivity index (χ4v) is 2.40. The first-order valence-corrected chi connectivity index (χ1v) is 7.56. The summed E-state index contributed by atoms with van der Waals surface area (Å²) in [5.74, 6) is -5.58. The van der Waals surface area contributed by atoms with Gasteiger partial charge in [0.05, 0.1) is 23.8 Å². The third-order valence-corrected chi connectivity index (χ3v) is 3.65. The van der Waals surface area contributed by atoms with Crippen LogP contribution in [-0.4, -0.2) is 36.7 Å². The Labute approximate surface area is 151 Å². The van der Waals surface area contributed by atoms with E-state index in [0.29, 0.717) is 30.1 Å². The number of carbonyl (C=O) groups excluding carboxylic acids is 2. The number of benzene rings is 1. The van der Waals surface area contributed by atoms with Gasteiger partial charge in [-0.05, 0) is 23.9 Å². The number of nitrogens with zero attached hydrogens (tertiary/aromatic N) is 2. The standard InChI is InChI=1S/C14H8F5N3O4S/c1-25-10(23)4-9-12(24)21-13(27-9)22-20-5-6-8(26-14(17,18)19)3-2-7(15)11(6)16/h2-5H,1H3,(H,21,22,24)/b9-4+,20-5?. The molecule has 13 heteroatoms. The molecule has 0 atom stereocenters. The normalized spacial score (nSPS) is 17.6. The van der Waals surface area contributed by atoms with Gasteiger partial charge < -0.3 is 9.47 Å². The fraction of sp³-hybridized carbons (Fsp3) is 0.143. The summed E-state index contributed by atoms with van der Waals surface area (Å²) in [5.41, 5.74) is -0.934. The second kappa shape index (κ2) is 8.16. The number of amides is 1. The SMILES string of the molecule is COC(=O)/C=C1/S/C(=N\N=Cc2c(OC(F)(F)F)ccc(F)c2F)NC1=O. The highest BCUT2D eigenvalue weighted by Gasteiger charge is 2.33. The molecule has 27 heavy (non-hydrogen) atoms. The lowest BCUT2D eigenvalue weighted by molar-refractivity contribution is -0.274. The van der Waals surface area contributed by atoms with Gasteiger partial charge in [-0.2, -0.15) is 5.10 Å². The number of halogens is 5. The van der Waals surface area contributed by atoms with E-state index in [2.05, 4.69) is 25.0 Å². The number of esters is 1. The summed E-state index contributed by atoms with van der Waals surface area (Å²) in [7, 11) is 1.10. The van der Waals surface area contributed by atoms with Gasteiger partial charge >= 0.3 is 12.3 Å². The second-order valence-electron chi connectivity index (χ2n) is 4.56. The molecule has 0 aromatic heterocycles. The van der Waals surface area contributed by atoms with Gasteiger partial charge in [0.1, 0.15) is 5.75 Å². The number of hydrogen-bond donors (Lipinski definition) is 1. The molecule has 0 radical (unpaired) electrons. The topological polar surface area (TPSA) is 89.3 Å². The Bertz CT molecular complexity index is 867. The number of alkyl halides is 3. The number of thioether (sulfide) groups is 1. The van der Waals surface area contributed by atoms with E-state index in [4.69, 9.17) is 0 Å². The Hall–Kier alpha value is -2.96. The number of amidine groups is 1. The number of rotatable bonds is 4. The summed E-state index contributed by atoms with van der Waals surface area (Å²) in [6, 6.07) is 1.03. The van der Waals surface area contributed by atoms with E-state index < -0.39 is 41.2 Å². The zero-order valence-electron chi connectivity index (χ0n) is 13.1. The van der Waals surface area contributed by atoms with Crippen LogP contribution in [0.3, 0.4) is 0 Å². The molecule has 7 nitrogen and oxygen atoms in total. The van der Waals surface area contributed by atoms with E-state index in [-0.39, 0.29) is 10.1 Å². The van der Waals surface area contributed by atoms with Crippen molar-refractivity contribution >= 4 is 35.0 Å². The van der Waals surface area contributed by atoms with Crippen molar-refractivity contribution in [1.82, 2.24) is 5.32 Å². The molecule has 0 unspecified atom stereocenters. The Kier molecular flexibility index (Phi) is 6.15. The van der Waals surface area contributed by atoms with E-state index in [9.17, 15) is 31.5 Å². The summed E-state index contributed by atoms with van der Waals surface area (Å²) >= 11 is 0.676. The molecule has 0 saturated carbocycles. The van der Waals surface area contributed by atoms with Crippen molar-refractivity contribution in [1.29, 1.82) is 0 Å². The molecular weight excluding hydrogens is 401 g/mol. The minimum atomic E-state index is -5.14. The van der Waals surface area contributed by atoms with Crippen LogP contribution in [0.2, 0.25) is 0 Å². The van der Waals surface area contributed by atoms with Crippen LogP contribution in [0.4, 0.5) is 22.0 Å². The molecule has 1 aliphatic rings. The van der Waals surface area contributed by atoms with Gasteiger partial charge in [0.2, 0.25) is 0 Å². The third-order valence-electron chi connectivity index (χ3n) is 2.75. The lowest BCUT2D eigenvalue weighted by Gasteiger charge is -2.11. The number of methoxy groups -OCH3 is 1. The van der Waals surface area contributed by atoms with Gasteiger partial charge in [0.25, 0.3) is 5.91 Å². The minimum absolute atomic E-state index is 0.0752. The maximum atomic E-state index is 13.7. The lowest BCUT2D eigenvalue weighted by atomic mass is 10.2. The monoisotopic (exact) mass is 409 g/mol. The first-order chi connectivity index (χ1) is 12.6. The highest BCUT2D eigenvalue weighted by Crippen LogP contribution is 2.28. The molecule has 0 aliphatic carbocycles. The molecule has 1 aromatic carbocycles. The zero-order valence-corrected chi connectivity index (χ0v) is 14.0. The average Bonchev–Trinajstić information content (AvgIpc) is 2.92. The van der Waals surface area contributed by atoms with Gasteiger partial charge in [-0.1, -0.05) is 0 Å². The Morgan fingerprint density at radius 1 is 1.30 bits per heavy atom. The zero-order chi connectivity index (χ0) is 20.2. The van der Waals surface area contributed by atoms with E-state index in [1.807, 2.05) is 0 Å². The van der Waals surface area contributed by atoms with Crippen LogP contribution in [0.1, 0.15) is 5.56 Å². The minimum Gasteiger partial charge on any atom is -0.466 e. The van der Waals surface area contributed by atoms with Crippen molar-refractivity contribution in [3.8, 4) is 5.75 Å². The number of hydrogen-bond acceptors (Lipinski definition) is 7. The predicted octanol–water partition coefficient (Wildman–Crippen LogP) is 2.47. The quantitative estimate of drug-likeness (QED) is 0.271. The van der Waals surface area contributed by atoms with Crippen molar-refractivity contribution in [2.75, 3.05) is 7.11 Å². The maximum Gasteiger partial charge on any atom is 0.573 e. The van der Waals surface area contributed by atoms with Crippen LogP contribution in [0, 0.1) is 11.6 Å². The molecule has 1 N–H and O–H groups in total. The summed E-state index contributed by atoms with van der Waals surface area (Å²) in [6.07, 6.45) is -3.77. The van der Waals surface area contributed by atoms with Crippen LogP contribution in [0.25, 0.3) is 0 Å². The lowest BCUT2D eigenvalue weighted by Crippen LogP contribution is -2.19. The average molecular weight is 409 g/mol. The van der Waals surface area contributed by atoms with E-state index >= 15 is 0 Å². The third kappa shape index (κ3) is 5.51. The van der Waals surface area contributed by atoms with Gasteiger partial charge in [-0.25, -0.2) is 13.6 Å². The van der Waals surface area contributed by atoms with Gasteiger partial charge in [0.15, 0.2) is 16.8 Å². The fourth-order valence-electron chi connectivity index (χ4n) is 1.66. The molecule has 1 aliphatic heterocycles. The van der Waals surface area contributed by atoms with Gasteiger partial charge in [-0.15, -0.1) is 18.3 Å². The van der Waals surface area contributed by atoms with E-state index in [1.165, 1.54) is 0 Å². The molecule has 1 fully saturated rings. The van der Waals surface area contributed by atoms with Crippen LogP contribution in [-0.2, 0) is 14.3 Å². The Morgan fingerprint density at radius 2 is 2.00 bits per heavy atom. The van der Waals surface area contributed by atoms with Crippen LogP contribution in [0.15, 0.2) is 33.3 Å². The summed E-state index contributed by atoms with van der Waals surface area (Å²) in [4.78, 5) is 22.6. The molecule has 0 spiro atoms. The summed E-state index contributed by atoms with van der Waals surface area (Å²) in [5, 5.41) is 8.83. The second-order valence-corrected chi connectivity index (χ2v) is 5.59. The molecule has 1 aromatic rings. The molecular formula is C14H8F5N3O4S. The van der Waals surface area contributed by atoms with E-state index in [0.717, 1.165) is 13.2 Å². The first-order valence-electron chi connectivity index (χ1n) is 6.74. The van der Waals surface area contributed by atoms with Crippen molar-refractivity contribution in [2.45, 2.75) is 6.36 Å². The highest BCUT2D eigenvalue weighted by atomic mass is 32.2. The molecule has 2 rings (SSSR count). The molecule has 1 saturated heterocycles. The Balaban J connectivity index is 2.25. The summed E-state index contributed by atoms with van der Waals surface area (Å²) < 4.78 is 72.0. The van der Waals surface area contributed by atoms with E-state index in [1.54, 1.807) is 0 Å². The van der Waals surface area contributed by atoms with Crippen molar-refractivity contribution < 1.29 is 41.0 Å². The smallest absolute Gasteiger partial charge is 0.466 e. The summed E-state index contributed by atoms with van der Waals surface area (Å²) in [6.45, 7) is 0. The first kappa shape index (κ1) is 20.4. The number of nitrogens with one attached hydrogen (secondary N) is 1. The Morgan fingerprint density at radius 3 is 2.63 bits per heavy atom. The largest absolute Gasteiger partial charge is 0.573 e. The molecule has 1 amide bonds. The molecule has 144 valence electrons. The van der Waals surface area contributed by atoms with Gasteiger partial charge in [-0.3, -0.25) is 10.1 Å². The van der Waals surface area contributed by atoms with Crippen LogP contribution >= 0.6 is 11.8 Å². The van der Waals surface area contributed by atoms with Crippen molar-refractivity contribution in [2.24, 2.45) is 10.2 Å². The number of ether oxygens (including phenoxy) is 2. The molecule has 0 bridgehead atoms. The molecule has 1 heterocycles. The van der Waals surface area contributed by atoms with Crippen molar-refractivity contribution in [3.63, 3.8) is 0 Å². The highest BCUT2D eigenvalue weighted by molar-refractivity contribution is 8.18. The predicted molar refractivity (Wildman–Crippen MR) is 83.9 cm³/mol. The number of carbonyl (C=O) groups is 2. The van der Waals surface area contributed by atoms with Crippen LogP contribution < -0.4 is 10.1 Å². The van der Waals surface area contributed by atoms with Crippen LogP contribution in [0.5, 0.6) is 5.75 Å².